The van der Waals surface area contributed by atoms with Crippen molar-refractivity contribution >= 4 is 17.7 Å². The molecule has 0 radical (unpaired) electrons. The van der Waals surface area contributed by atoms with Crippen LogP contribution in [0, 0.1) is 0 Å². The maximum Gasteiger partial charge on any atom is 0.130 e. The Bertz CT molecular complexity index is 240. The quantitative estimate of drug-likeness (QED) is 0.708. The van der Waals surface area contributed by atoms with E-state index in [1.165, 1.54) is 0 Å². The minimum atomic E-state index is -0.0608. The summed E-state index contributed by atoms with van der Waals surface area (Å²) >= 11 is 5.41. The molecule has 2 nitrogen and oxygen atoms in total. The Balaban J connectivity index is 2.65. The van der Waals surface area contributed by atoms with E-state index in [0.29, 0.717) is 11.6 Å². The summed E-state index contributed by atoms with van der Waals surface area (Å²) < 4.78 is 5.14. The van der Waals surface area contributed by atoms with Crippen molar-refractivity contribution in [1.82, 2.24) is 0 Å². The molecular formula is C8H9ClO2. The molecule has 0 saturated heterocycles. The van der Waals surface area contributed by atoms with Crippen LogP contribution >= 0.6 is 11.6 Å². The summed E-state index contributed by atoms with van der Waals surface area (Å²) in [6, 6.07) is 3.52. The van der Waals surface area contributed by atoms with Gasteiger partial charge in [-0.2, -0.15) is 0 Å². The normalized spacial score (nSPS) is 11.1. The third-order valence-electron chi connectivity index (χ3n) is 1.21. The molecule has 1 rings (SSSR count). The van der Waals surface area contributed by atoms with E-state index in [1.807, 2.05) is 0 Å². The highest BCUT2D eigenvalue weighted by Gasteiger charge is 1.95. The number of alkyl halides is 1. The number of aliphatic hydroxyl groups excluding tert-OH is 1. The third-order valence-corrected chi connectivity index (χ3v) is 1.39. The number of furan rings is 1. The number of allylic oxidation sites excluding steroid dienone is 1. The van der Waals surface area contributed by atoms with E-state index >= 15 is 0 Å². The van der Waals surface area contributed by atoms with Gasteiger partial charge in [-0.05, 0) is 18.2 Å². The van der Waals surface area contributed by atoms with Gasteiger partial charge in [-0.1, -0.05) is 6.08 Å². The highest BCUT2D eigenvalue weighted by Crippen LogP contribution is 2.08. The highest BCUT2D eigenvalue weighted by molar-refractivity contribution is 6.19. The summed E-state index contributed by atoms with van der Waals surface area (Å²) in [6.45, 7) is -0.0608. The zero-order valence-electron chi connectivity index (χ0n) is 5.96. The van der Waals surface area contributed by atoms with Crippen LogP contribution in [0.5, 0.6) is 0 Å². The Hall–Kier alpha value is -0.730. The lowest BCUT2D eigenvalue weighted by Gasteiger charge is -1.85. The van der Waals surface area contributed by atoms with Crippen molar-refractivity contribution in [3.05, 3.63) is 29.7 Å². The Kier molecular flexibility index (Phi) is 3.20. The molecule has 0 aliphatic rings. The smallest absolute Gasteiger partial charge is 0.130 e. The van der Waals surface area contributed by atoms with E-state index in [2.05, 4.69) is 0 Å². The van der Waals surface area contributed by atoms with Crippen LogP contribution in [0.25, 0.3) is 6.08 Å². The average Bonchev–Trinajstić information content (AvgIpc) is 2.48. The zero-order valence-corrected chi connectivity index (χ0v) is 6.71. The Morgan fingerprint density at radius 3 is 2.91 bits per heavy atom. The SMILES string of the molecule is OCc1ccc(C=CCCl)o1. The molecule has 11 heavy (non-hydrogen) atoms. The fourth-order valence-corrected chi connectivity index (χ4v) is 0.819. The largest absolute Gasteiger partial charge is 0.459 e. The molecule has 60 valence electrons. The second kappa shape index (κ2) is 4.21. The van der Waals surface area contributed by atoms with Crippen molar-refractivity contribution in [3.8, 4) is 0 Å². The molecule has 0 atom stereocenters. The lowest BCUT2D eigenvalue weighted by atomic mass is 10.4. The minimum absolute atomic E-state index is 0.0608. The Labute approximate surface area is 70.1 Å². The summed E-state index contributed by atoms with van der Waals surface area (Å²) in [5.41, 5.74) is 0. The summed E-state index contributed by atoms with van der Waals surface area (Å²) in [5, 5.41) is 8.63. The fourth-order valence-electron chi connectivity index (χ4n) is 0.730. The van der Waals surface area contributed by atoms with Crippen molar-refractivity contribution in [2.24, 2.45) is 0 Å². The van der Waals surface area contributed by atoms with Gasteiger partial charge in [0, 0.05) is 5.88 Å². The molecule has 0 fully saturated rings. The van der Waals surface area contributed by atoms with E-state index in [-0.39, 0.29) is 6.61 Å². The van der Waals surface area contributed by atoms with Gasteiger partial charge in [0.25, 0.3) is 0 Å². The van der Waals surface area contributed by atoms with Crippen LogP contribution < -0.4 is 0 Å². The maximum absolute atomic E-state index is 8.63. The van der Waals surface area contributed by atoms with Gasteiger partial charge in [-0.3, -0.25) is 0 Å². The molecule has 3 heteroatoms. The van der Waals surface area contributed by atoms with Gasteiger partial charge in [0.15, 0.2) is 0 Å². The molecule has 0 unspecified atom stereocenters. The first-order valence-corrected chi connectivity index (χ1v) is 3.82. The highest BCUT2D eigenvalue weighted by atomic mass is 35.5. The molecule has 1 N–H and O–H groups in total. The second-order valence-electron chi connectivity index (χ2n) is 2.02. The van der Waals surface area contributed by atoms with Crippen LogP contribution in [-0.4, -0.2) is 11.0 Å². The molecule has 1 aromatic heterocycles. The maximum atomic E-state index is 8.63. The summed E-state index contributed by atoms with van der Waals surface area (Å²) in [7, 11) is 0. The monoisotopic (exact) mass is 172 g/mol. The lowest BCUT2D eigenvalue weighted by Crippen LogP contribution is -1.73. The Morgan fingerprint density at radius 2 is 2.36 bits per heavy atom. The minimum Gasteiger partial charge on any atom is -0.459 e. The van der Waals surface area contributed by atoms with Gasteiger partial charge in [-0.15, -0.1) is 11.6 Å². The van der Waals surface area contributed by atoms with E-state index in [9.17, 15) is 0 Å². The molecule has 1 heterocycles. The molecule has 0 aliphatic carbocycles. The molecule has 0 spiro atoms. The molecular weight excluding hydrogens is 164 g/mol. The van der Waals surface area contributed by atoms with Crippen LogP contribution in [0.4, 0.5) is 0 Å². The first-order chi connectivity index (χ1) is 5.36. The predicted octanol–water partition coefficient (Wildman–Crippen LogP) is 2.02. The standard InChI is InChI=1S/C8H9ClO2/c9-5-1-2-7-3-4-8(6-10)11-7/h1-4,10H,5-6H2. The van der Waals surface area contributed by atoms with Gasteiger partial charge >= 0.3 is 0 Å². The molecule has 0 saturated carbocycles. The lowest BCUT2D eigenvalue weighted by molar-refractivity contribution is 0.246. The molecule has 0 amide bonds. The topological polar surface area (TPSA) is 33.4 Å². The van der Waals surface area contributed by atoms with Gasteiger partial charge < -0.3 is 9.52 Å². The third kappa shape index (κ3) is 2.41. The molecule has 0 bridgehead atoms. The number of hydrogen-bond donors (Lipinski definition) is 1. The van der Waals surface area contributed by atoms with Crippen LogP contribution in [-0.2, 0) is 6.61 Å². The predicted molar refractivity (Wildman–Crippen MR) is 44.4 cm³/mol. The summed E-state index contributed by atoms with van der Waals surface area (Å²) in [6.07, 6.45) is 3.55. The summed E-state index contributed by atoms with van der Waals surface area (Å²) in [5.74, 6) is 1.75. The van der Waals surface area contributed by atoms with Crippen LogP contribution in [0.1, 0.15) is 11.5 Å². The molecule has 1 aromatic rings. The van der Waals surface area contributed by atoms with E-state index in [4.69, 9.17) is 21.1 Å². The number of halogens is 1. The van der Waals surface area contributed by atoms with Gasteiger partial charge in [-0.25, -0.2) is 0 Å². The van der Waals surface area contributed by atoms with Crippen molar-refractivity contribution < 1.29 is 9.52 Å². The first kappa shape index (κ1) is 8.37. The second-order valence-corrected chi connectivity index (χ2v) is 2.33. The van der Waals surface area contributed by atoms with Crippen molar-refractivity contribution in [1.29, 1.82) is 0 Å². The number of rotatable bonds is 3. The van der Waals surface area contributed by atoms with Crippen molar-refractivity contribution in [2.75, 3.05) is 5.88 Å². The summed E-state index contributed by atoms with van der Waals surface area (Å²) in [4.78, 5) is 0. The van der Waals surface area contributed by atoms with Crippen molar-refractivity contribution in [2.45, 2.75) is 6.61 Å². The average molecular weight is 173 g/mol. The van der Waals surface area contributed by atoms with E-state index in [1.54, 1.807) is 24.3 Å². The van der Waals surface area contributed by atoms with Crippen LogP contribution in [0.2, 0.25) is 0 Å². The van der Waals surface area contributed by atoms with E-state index < -0.39 is 0 Å². The van der Waals surface area contributed by atoms with Gasteiger partial charge in [0.2, 0.25) is 0 Å². The number of aliphatic hydroxyl groups is 1. The van der Waals surface area contributed by atoms with Crippen LogP contribution in [0.15, 0.2) is 22.6 Å². The van der Waals surface area contributed by atoms with Gasteiger partial charge in [0.1, 0.15) is 18.1 Å². The van der Waals surface area contributed by atoms with E-state index in [0.717, 1.165) is 5.76 Å². The Morgan fingerprint density at radius 1 is 1.55 bits per heavy atom. The van der Waals surface area contributed by atoms with Crippen LogP contribution in [0.3, 0.4) is 0 Å². The first-order valence-electron chi connectivity index (χ1n) is 3.29. The fraction of sp³-hybridized carbons (Fsp3) is 0.250. The zero-order chi connectivity index (χ0) is 8.10. The molecule has 0 aromatic carbocycles. The van der Waals surface area contributed by atoms with Crippen molar-refractivity contribution in [3.63, 3.8) is 0 Å². The molecule has 0 aliphatic heterocycles. The van der Waals surface area contributed by atoms with Gasteiger partial charge in [0.05, 0.1) is 0 Å². The number of hydrogen-bond acceptors (Lipinski definition) is 2.